The van der Waals surface area contributed by atoms with E-state index in [0.717, 1.165) is 19.3 Å². The van der Waals surface area contributed by atoms with Crippen molar-refractivity contribution in [1.29, 1.82) is 0 Å². The van der Waals surface area contributed by atoms with E-state index in [1.165, 1.54) is 0 Å². The summed E-state index contributed by atoms with van der Waals surface area (Å²) in [6.07, 6.45) is 2.48. The minimum atomic E-state index is -1.33. The normalized spacial score (nSPS) is 28.2. The van der Waals surface area contributed by atoms with Gasteiger partial charge in [-0.25, -0.2) is 8.78 Å². The summed E-state index contributed by atoms with van der Waals surface area (Å²) >= 11 is 0. The van der Waals surface area contributed by atoms with Crippen LogP contribution in [0.1, 0.15) is 33.1 Å². The lowest BCUT2D eigenvalue weighted by atomic mass is 9.82. The molecule has 1 aliphatic carbocycles. The van der Waals surface area contributed by atoms with Gasteiger partial charge in [0.1, 0.15) is 6.10 Å². The van der Waals surface area contributed by atoms with Gasteiger partial charge in [0.25, 0.3) is 11.8 Å². The van der Waals surface area contributed by atoms with E-state index in [-0.39, 0.29) is 6.10 Å². The van der Waals surface area contributed by atoms with Crippen LogP contribution in [0.4, 0.5) is 13.2 Å². The van der Waals surface area contributed by atoms with Crippen LogP contribution in [-0.4, -0.2) is 11.1 Å². The number of pyridine rings is 1. The number of hydrogen-bond donors (Lipinski definition) is 0. The average Bonchev–Trinajstić information content (AvgIpc) is 2.24. The van der Waals surface area contributed by atoms with Crippen LogP contribution in [0.2, 0.25) is 0 Å². The van der Waals surface area contributed by atoms with E-state index in [0.29, 0.717) is 17.9 Å². The van der Waals surface area contributed by atoms with Crippen molar-refractivity contribution < 1.29 is 17.9 Å². The molecule has 2 rings (SSSR count). The molecule has 1 saturated carbocycles. The highest BCUT2D eigenvalue weighted by molar-refractivity contribution is 5.15. The molecule has 5 heteroatoms. The SMILES string of the molecule is CC1CC(C)CC(Oc2nc(F)c(F)cc2F)C1. The van der Waals surface area contributed by atoms with Gasteiger partial charge in [-0.2, -0.15) is 9.37 Å². The lowest BCUT2D eigenvalue weighted by Crippen LogP contribution is -2.29. The Morgan fingerprint density at radius 3 is 2.28 bits per heavy atom. The molecule has 1 aromatic heterocycles. The van der Waals surface area contributed by atoms with E-state index in [1.54, 1.807) is 0 Å². The zero-order valence-corrected chi connectivity index (χ0v) is 10.4. The minimum absolute atomic E-state index is 0.185. The smallest absolute Gasteiger partial charge is 0.253 e. The number of halogens is 3. The van der Waals surface area contributed by atoms with Crippen LogP contribution < -0.4 is 4.74 Å². The molecule has 2 nitrogen and oxygen atoms in total. The van der Waals surface area contributed by atoms with Gasteiger partial charge in [-0.1, -0.05) is 13.8 Å². The molecule has 0 amide bonds. The van der Waals surface area contributed by atoms with Crippen LogP contribution in [0.3, 0.4) is 0 Å². The molecule has 100 valence electrons. The van der Waals surface area contributed by atoms with E-state index < -0.39 is 23.5 Å². The second-order valence-electron chi connectivity index (χ2n) is 5.21. The van der Waals surface area contributed by atoms with Gasteiger partial charge in [-0.15, -0.1) is 0 Å². The Labute approximate surface area is 104 Å². The van der Waals surface area contributed by atoms with Crippen molar-refractivity contribution in [3.8, 4) is 5.88 Å². The van der Waals surface area contributed by atoms with Gasteiger partial charge < -0.3 is 4.74 Å². The fourth-order valence-electron chi connectivity index (χ4n) is 2.64. The molecule has 0 spiro atoms. The first-order chi connectivity index (χ1) is 8.45. The highest BCUT2D eigenvalue weighted by Crippen LogP contribution is 2.31. The third-order valence-electron chi connectivity index (χ3n) is 3.27. The van der Waals surface area contributed by atoms with Crippen molar-refractivity contribution >= 4 is 0 Å². The first-order valence-corrected chi connectivity index (χ1v) is 6.14. The summed E-state index contributed by atoms with van der Waals surface area (Å²) in [6, 6.07) is 0.466. The van der Waals surface area contributed by atoms with Crippen molar-refractivity contribution in [1.82, 2.24) is 4.98 Å². The van der Waals surface area contributed by atoms with E-state index in [1.807, 2.05) is 0 Å². The molecule has 0 bridgehead atoms. The highest BCUT2D eigenvalue weighted by atomic mass is 19.2. The van der Waals surface area contributed by atoms with E-state index in [9.17, 15) is 13.2 Å². The standard InChI is InChI=1S/C13H16F3NO/c1-7-3-8(2)5-9(4-7)18-13-11(15)6-10(14)12(16)17-13/h6-9H,3-5H2,1-2H3. The maximum Gasteiger partial charge on any atom is 0.253 e. The number of ether oxygens (including phenoxy) is 1. The maximum absolute atomic E-state index is 13.4. The number of nitrogens with zero attached hydrogens (tertiary/aromatic N) is 1. The van der Waals surface area contributed by atoms with E-state index in [2.05, 4.69) is 18.8 Å². The van der Waals surface area contributed by atoms with Gasteiger partial charge in [0, 0.05) is 6.07 Å². The number of aromatic nitrogens is 1. The van der Waals surface area contributed by atoms with Gasteiger partial charge in [0.15, 0.2) is 11.6 Å². The number of hydrogen-bond acceptors (Lipinski definition) is 2. The molecule has 1 aliphatic rings. The molecule has 0 N–H and O–H groups in total. The molecule has 1 aromatic rings. The lowest BCUT2D eigenvalue weighted by Gasteiger charge is -2.31. The largest absolute Gasteiger partial charge is 0.472 e. The summed E-state index contributed by atoms with van der Waals surface area (Å²) in [5.74, 6) is -3.08. The Kier molecular flexibility index (Phi) is 3.78. The second-order valence-corrected chi connectivity index (χ2v) is 5.21. The van der Waals surface area contributed by atoms with Crippen LogP contribution >= 0.6 is 0 Å². The molecule has 0 radical (unpaired) electrons. The molecule has 1 heterocycles. The molecule has 1 fully saturated rings. The van der Waals surface area contributed by atoms with Crippen LogP contribution in [0.15, 0.2) is 6.07 Å². The van der Waals surface area contributed by atoms with Gasteiger partial charge in [0.05, 0.1) is 0 Å². The van der Waals surface area contributed by atoms with Crippen molar-refractivity contribution in [3.63, 3.8) is 0 Å². The molecule has 0 saturated heterocycles. The van der Waals surface area contributed by atoms with Crippen molar-refractivity contribution in [2.45, 2.75) is 39.2 Å². The first kappa shape index (κ1) is 13.2. The Hall–Kier alpha value is -1.26. The Bertz CT molecular complexity index is 428. The topological polar surface area (TPSA) is 22.1 Å². The summed E-state index contributed by atoms with van der Waals surface area (Å²) in [7, 11) is 0. The molecular weight excluding hydrogens is 243 g/mol. The zero-order chi connectivity index (χ0) is 13.3. The molecule has 0 aliphatic heterocycles. The highest BCUT2D eigenvalue weighted by Gasteiger charge is 2.26. The zero-order valence-electron chi connectivity index (χ0n) is 10.4. The van der Waals surface area contributed by atoms with Crippen molar-refractivity contribution in [2.24, 2.45) is 11.8 Å². The quantitative estimate of drug-likeness (QED) is 0.755. The summed E-state index contributed by atoms with van der Waals surface area (Å²) in [4.78, 5) is 3.18. The number of rotatable bonds is 2. The third kappa shape index (κ3) is 2.94. The van der Waals surface area contributed by atoms with Crippen LogP contribution in [-0.2, 0) is 0 Å². The second kappa shape index (κ2) is 5.16. The summed E-state index contributed by atoms with van der Waals surface area (Å²) in [6.45, 7) is 4.20. The third-order valence-corrected chi connectivity index (χ3v) is 3.27. The summed E-state index contributed by atoms with van der Waals surface area (Å²) in [5, 5.41) is 0. The Balaban J connectivity index is 2.11. The van der Waals surface area contributed by atoms with Crippen molar-refractivity contribution in [3.05, 3.63) is 23.6 Å². The molecule has 18 heavy (non-hydrogen) atoms. The monoisotopic (exact) mass is 259 g/mol. The predicted molar refractivity (Wildman–Crippen MR) is 60.7 cm³/mol. The maximum atomic E-state index is 13.4. The molecule has 2 unspecified atom stereocenters. The first-order valence-electron chi connectivity index (χ1n) is 6.14. The van der Waals surface area contributed by atoms with E-state index in [4.69, 9.17) is 4.74 Å². The van der Waals surface area contributed by atoms with Gasteiger partial charge in [-0.05, 0) is 31.1 Å². The van der Waals surface area contributed by atoms with Gasteiger partial charge >= 0.3 is 0 Å². The lowest BCUT2D eigenvalue weighted by molar-refractivity contribution is 0.0909. The van der Waals surface area contributed by atoms with Crippen LogP contribution in [0.5, 0.6) is 5.88 Å². The molecule has 0 aromatic carbocycles. The Morgan fingerprint density at radius 1 is 1.06 bits per heavy atom. The van der Waals surface area contributed by atoms with Crippen LogP contribution in [0, 0.1) is 29.4 Å². The Morgan fingerprint density at radius 2 is 1.67 bits per heavy atom. The summed E-state index contributed by atoms with van der Waals surface area (Å²) < 4.78 is 44.4. The predicted octanol–water partition coefficient (Wildman–Crippen LogP) is 3.70. The van der Waals surface area contributed by atoms with Crippen LogP contribution in [0.25, 0.3) is 0 Å². The van der Waals surface area contributed by atoms with Gasteiger partial charge in [-0.3, -0.25) is 0 Å². The molecular formula is C13H16F3NO. The fraction of sp³-hybridized carbons (Fsp3) is 0.615. The molecule has 2 atom stereocenters. The van der Waals surface area contributed by atoms with Gasteiger partial charge in [0.2, 0.25) is 0 Å². The summed E-state index contributed by atoms with van der Waals surface area (Å²) in [5.41, 5.74) is 0. The van der Waals surface area contributed by atoms with E-state index >= 15 is 0 Å². The van der Waals surface area contributed by atoms with Crippen molar-refractivity contribution in [2.75, 3.05) is 0 Å². The fourth-order valence-corrected chi connectivity index (χ4v) is 2.64. The minimum Gasteiger partial charge on any atom is -0.472 e. The average molecular weight is 259 g/mol.